The molecule has 13 rings (SSSR count). The van der Waals surface area contributed by atoms with Crippen molar-refractivity contribution in [2.45, 2.75) is 78.6 Å². The lowest BCUT2D eigenvalue weighted by Crippen LogP contribution is -2.10. The van der Waals surface area contributed by atoms with E-state index in [1.807, 2.05) is 91.0 Å². The number of carbonyl (C=O) groups excluding carboxylic acids is 6. The van der Waals surface area contributed by atoms with Gasteiger partial charge in [0.15, 0.2) is 11.4 Å². The minimum Gasteiger partial charge on any atom is -0.507 e. The summed E-state index contributed by atoms with van der Waals surface area (Å²) in [5.74, 6) is -1.000. The SMILES string of the molecule is C=CC(=O)OCCCOc1ccc(C(=O)O)cc1.C=CC(=O)OCCCOc1ccc(C(=O)Oc2ccc(-c3ccc(CCC)cc3)cc2/C=N/Nc2nc3ccccc3s2)cc1.C=CC(=O)OCCCOc1ccc(C(=O)Oc2ccc(-c3ccc(CCC)cc3)cc2C=O)cc1.CCCc1ccc(-c2ccc(O)c(C=N)c2)cc1.N.Nc1nc2ccccc2s1. The maximum atomic E-state index is 13.1. The molecule has 0 unspecified atom stereocenters. The number of nitrogens with one attached hydrogen (secondary N) is 2. The summed E-state index contributed by atoms with van der Waals surface area (Å²) >= 11 is 3.02. The summed E-state index contributed by atoms with van der Waals surface area (Å²) < 4.78 is 44.7. The fourth-order valence-corrected chi connectivity index (χ4v) is 13.5. The first-order valence-corrected chi connectivity index (χ1v) is 42.3. The number of aromatic carboxylic acids is 1. The number of benzene rings is 11. The Morgan fingerprint density at radius 2 is 0.811 bits per heavy atom. The van der Waals surface area contributed by atoms with Crippen LogP contribution < -0.4 is 41.0 Å². The number of phenols is 1. The monoisotopic (exact) mass is 1750 g/mol. The average Bonchev–Trinajstić information content (AvgIpc) is 1.82. The van der Waals surface area contributed by atoms with Gasteiger partial charge < -0.3 is 65.4 Å². The van der Waals surface area contributed by atoms with Crippen molar-refractivity contribution >= 4 is 108 Å². The number of hydrogen-bond acceptors (Lipinski definition) is 25. The summed E-state index contributed by atoms with van der Waals surface area (Å²) in [6.07, 6.45) is 14.9. The van der Waals surface area contributed by atoms with Crippen LogP contribution in [-0.4, -0.2) is 114 Å². The van der Waals surface area contributed by atoms with E-state index in [-0.39, 0.29) is 43.0 Å². The number of ether oxygens (including phenoxy) is 8. The van der Waals surface area contributed by atoms with E-state index in [9.17, 15) is 38.7 Å². The summed E-state index contributed by atoms with van der Waals surface area (Å²) in [6, 6.07) is 76.4. The number of anilines is 2. The highest BCUT2D eigenvalue weighted by molar-refractivity contribution is 7.22. The number of carboxylic acids is 1. The highest BCUT2D eigenvalue weighted by Crippen LogP contribution is 2.33. The Bertz CT molecular complexity index is 5750. The number of fused-ring (bicyclic) bond motifs is 2. The molecule has 0 atom stereocenters. The summed E-state index contributed by atoms with van der Waals surface area (Å²) in [7, 11) is 0. The number of hydrazone groups is 1. The van der Waals surface area contributed by atoms with E-state index in [2.05, 4.69) is 122 Å². The number of hydrogen-bond donors (Lipinski definition) is 6. The van der Waals surface area contributed by atoms with Crippen LogP contribution in [0.2, 0.25) is 0 Å². The molecule has 9 N–H and O–H groups in total. The number of nitrogen functional groups attached to an aromatic ring is 1. The first-order chi connectivity index (χ1) is 61.3. The lowest BCUT2D eigenvalue weighted by atomic mass is 10.0. The molecule has 127 heavy (non-hydrogen) atoms. The quantitative estimate of drug-likeness (QED) is 0.00308. The number of aromatic nitrogens is 2. The Balaban J connectivity index is 0.000000213. The smallest absolute Gasteiger partial charge is 0.343 e. The molecule has 2 aromatic heterocycles. The molecular weight excluding hydrogens is 1650 g/mol. The molecular formula is C101H101N7O17S2. The van der Waals surface area contributed by atoms with E-state index < -0.39 is 35.8 Å². The summed E-state index contributed by atoms with van der Waals surface area (Å²) in [5, 5.41) is 31.2. The van der Waals surface area contributed by atoms with Crippen molar-refractivity contribution in [1.82, 2.24) is 16.1 Å². The first-order valence-electron chi connectivity index (χ1n) is 40.6. The van der Waals surface area contributed by atoms with Gasteiger partial charge in [-0.15, -0.1) is 0 Å². The lowest BCUT2D eigenvalue weighted by molar-refractivity contribution is -0.138. The maximum absolute atomic E-state index is 13.1. The van der Waals surface area contributed by atoms with E-state index in [1.54, 1.807) is 91.1 Å². The number of nitrogens with zero attached hydrogens (tertiary/aromatic N) is 3. The number of aldehydes is 1. The van der Waals surface area contributed by atoms with Crippen LogP contribution in [-0.2, 0) is 47.9 Å². The molecule has 2 heterocycles. The normalized spacial score (nSPS) is 10.4. The Morgan fingerprint density at radius 1 is 0.449 bits per heavy atom. The molecule has 654 valence electrons. The van der Waals surface area contributed by atoms with Gasteiger partial charge in [0.1, 0.15) is 34.5 Å². The zero-order valence-electron chi connectivity index (χ0n) is 70.8. The summed E-state index contributed by atoms with van der Waals surface area (Å²) in [6.45, 7) is 18.3. The number of nitrogens with two attached hydrogens (primary N) is 1. The molecule has 0 fully saturated rings. The molecule has 13 aromatic rings. The Kier molecular flexibility index (Phi) is 40.3. The van der Waals surface area contributed by atoms with Gasteiger partial charge in [-0.3, -0.25) is 10.2 Å². The van der Waals surface area contributed by atoms with Crippen LogP contribution in [0.25, 0.3) is 53.8 Å². The van der Waals surface area contributed by atoms with E-state index in [4.69, 9.17) is 54.1 Å². The van der Waals surface area contributed by atoms with Gasteiger partial charge in [-0.2, -0.15) is 5.10 Å². The van der Waals surface area contributed by atoms with Crippen LogP contribution in [0.3, 0.4) is 0 Å². The maximum Gasteiger partial charge on any atom is 0.343 e. The van der Waals surface area contributed by atoms with Gasteiger partial charge in [0.05, 0.1) is 88.5 Å². The number of phenolic OH excluding ortho intramolecular Hbond substituents is 1. The zero-order chi connectivity index (χ0) is 89.8. The number of aryl methyl sites for hydroxylation is 3. The fourth-order valence-electron chi connectivity index (χ4n) is 11.9. The van der Waals surface area contributed by atoms with Crippen molar-refractivity contribution in [3.05, 3.63) is 337 Å². The predicted molar refractivity (Wildman–Crippen MR) is 502 cm³/mol. The molecule has 24 nitrogen and oxygen atoms in total. The van der Waals surface area contributed by atoms with Crippen LogP contribution >= 0.6 is 22.7 Å². The number of carbonyl (C=O) groups is 7. The molecule has 26 heteroatoms. The molecule has 0 aliphatic heterocycles. The van der Waals surface area contributed by atoms with Crippen molar-refractivity contribution in [2.24, 2.45) is 5.10 Å². The van der Waals surface area contributed by atoms with Crippen LogP contribution in [0.5, 0.6) is 34.5 Å². The van der Waals surface area contributed by atoms with Crippen molar-refractivity contribution in [1.29, 1.82) is 5.41 Å². The van der Waals surface area contributed by atoms with E-state index in [0.717, 1.165) is 111 Å². The van der Waals surface area contributed by atoms with Crippen molar-refractivity contribution in [2.75, 3.05) is 50.8 Å². The number of aromatic hydroxyl groups is 1. The molecule has 0 saturated carbocycles. The molecule has 0 aliphatic carbocycles. The standard InChI is InChI=1S/C36H33N3O5S.C29H28O6.C16H17NO.C13H14O5.C7H6N2S.H3N/c1-3-8-25-11-13-26(14-12-25)28-17-20-32(29(23-28)24-37-39-36-38-31-9-5-6-10-33(31)45-36)44-35(41)27-15-18-30(19-16-27)42-21-7-22-43-34(40)4-2;1-3-6-21-7-9-22(10-8-21)24-13-16-27(25(19-24)20-30)35-29(32)23-11-14-26(15-12-23)33-17-5-18-34-28(31)4-2;1-2-3-12-4-6-13(7-5-12)14-8-9-16(18)15(10-14)11-17;1-2-12(14)18-9-3-8-17-11-6-4-10(5-7-11)13(15)16;8-7-9-5-3-1-2-4-6(5)10-7;/h4-6,9-20,23-24H,2-3,7-8,21-22H2,1H3,(H,38,39);4,7-16,19-20H,2-3,5-6,17-18H2,1H3;4-11,17-18H,2-3H2,1H3;2,4-7H,1,3,8-9H2,(H,15,16);1-4H,(H2,8,9);1H3/b37-24+;;;;;. The summed E-state index contributed by atoms with van der Waals surface area (Å²) in [4.78, 5) is 89.5. The van der Waals surface area contributed by atoms with Gasteiger partial charge in [0.2, 0.25) is 5.13 Å². The number of para-hydroxylation sites is 2. The van der Waals surface area contributed by atoms with Gasteiger partial charge in [0, 0.05) is 54.8 Å². The van der Waals surface area contributed by atoms with Gasteiger partial charge in [-0.05, 0) is 203 Å². The second-order valence-corrected chi connectivity index (χ2v) is 29.7. The average molecular weight is 1750 g/mol. The Labute approximate surface area is 745 Å². The van der Waals surface area contributed by atoms with E-state index in [1.165, 1.54) is 57.7 Å². The fraction of sp³-hybridized carbons (Fsp3) is 0.178. The number of rotatable bonds is 37. The minimum absolute atomic E-state index is 0. The first kappa shape index (κ1) is 97.5. The third-order valence-electron chi connectivity index (χ3n) is 18.4. The van der Waals surface area contributed by atoms with E-state index >= 15 is 0 Å². The largest absolute Gasteiger partial charge is 0.507 e. The molecule has 0 amide bonds. The van der Waals surface area contributed by atoms with Crippen molar-refractivity contribution in [3.8, 4) is 67.9 Å². The molecule has 11 aromatic carbocycles. The lowest BCUT2D eigenvalue weighted by Gasteiger charge is -2.11. The second-order valence-electron chi connectivity index (χ2n) is 27.6. The third-order valence-corrected chi connectivity index (χ3v) is 20.2. The second kappa shape index (κ2) is 52.5. The topological polar surface area (TPSA) is 369 Å². The van der Waals surface area contributed by atoms with Crippen LogP contribution in [0.4, 0.5) is 10.3 Å². The zero-order valence-corrected chi connectivity index (χ0v) is 72.5. The Hall–Kier alpha value is -15.0. The number of esters is 5. The van der Waals surface area contributed by atoms with E-state index in [0.29, 0.717) is 106 Å². The minimum atomic E-state index is -0.974. The van der Waals surface area contributed by atoms with Crippen LogP contribution in [0.15, 0.2) is 292 Å². The van der Waals surface area contributed by atoms with Gasteiger partial charge in [-0.25, -0.2) is 38.7 Å². The highest BCUT2D eigenvalue weighted by Gasteiger charge is 2.17. The van der Waals surface area contributed by atoms with Gasteiger partial charge in [0.25, 0.3) is 0 Å². The predicted octanol–water partition coefficient (Wildman–Crippen LogP) is 21.8. The number of thiazole rings is 2. The number of carboxylic acid groups (broad SMARTS) is 1. The van der Waals surface area contributed by atoms with Crippen molar-refractivity contribution in [3.63, 3.8) is 0 Å². The highest BCUT2D eigenvalue weighted by atomic mass is 32.1. The van der Waals surface area contributed by atoms with Crippen molar-refractivity contribution < 1.29 is 81.7 Å². The van der Waals surface area contributed by atoms with Crippen LogP contribution in [0.1, 0.15) is 129 Å². The van der Waals surface area contributed by atoms with Gasteiger partial charge in [-0.1, -0.05) is 198 Å². The molecule has 0 saturated heterocycles. The van der Waals surface area contributed by atoms with Crippen LogP contribution in [0, 0.1) is 5.41 Å². The molecule has 0 spiro atoms. The van der Waals surface area contributed by atoms with Gasteiger partial charge >= 0.3 is 35.8 Å². The molecule has 0 radical (unpaired) electrons. The molecule has 0 aliphatic rings. The summed E-state index contributed by atoms with van der Waals surface area (Å²) in [5.41, 5.74) is 22.7. The Morgan fingerprint density at radius 3 is 1.19 bits per heavy atom. The third kappa shape index (κ3) is 32.0. The molecule has 0 bridgehead atoms.